The van der Waals surface area contributed by atoms with Gasteiger partial charge in [-0.15, -0.1) is 0 Å². The van der Waals surface area contributed by atoms with E-state index in [0.717, 1.165) is 5.56 Å². The quantitative estimate of drug-likeness (QED) is 0.819. The number of hydrogen-bond acceptors (Lipinski definition) is 2. The van der Waals surface area contributed by atoms with Gasteiger partial charge in [0.1, 0.15) is 0 Å². The normalized spacial score (nSPS) is 13.3. The largest absolute Gasteiger partial charge is 0.389 e. The number of carbonyl (C=O) groups is 1. The lowest BCUT2D eigenvalue weighted by Crippen LogP contribution is -2.26. The second kappa shape index (κ2) is 5.23. The molecular weight excluding hydrogens is 272 g/mol. The summed E-state index contributed by atoms with van der Waals surface area (Å²) in [5.41, 5.74) is 1.24. The van der Waals surface area contributed by atoms with E-state index in [9.17, 15) is 9.90 Å². The summed E-state index contributed by atoms with van der Waals surface area (Å²) in [4.78, 5) is 11.3. The number of alkyl halides is 3. The molecule has 0 saturated heterocycles. The zero-order chi connectivity index (χ0) is 12.3. The van der Waals surface area contributed by atoms with E-state index < -0.39 is 15.8 Å². The number of rotatable bonds is 2. The van der Waals surface area contributed by atoms with E-state index in [1.165, 1.54) is 0 Å². The predicted molar refractivity (Wildman–Crippen MR) is 66.0 cm³/mol. The summed E-state index contributed by atoms with van der Waals surface area (Å²) in [6.45, 7) is 1.65. The number of amides is 1. The Morgan fingerprint density at radius 2 is 1.81 bits per heavy atom. The van der Waals surface area contributed by atoms with Crippen molar-refractivity contribution in [2.75, 3.05) is 5.32 Å². The molecule has 1 amide bonds. The molecule has 0 spiro atoms. The fraction of sp³-hybridized carbons (Fsp3) is 0.300. The molecule has 3 nitrogen and oxygen atoms in total. The lowest BCUT2D eigenvalue weighted by molar-refractivity contribution is -0.115. The third-order valence-electron chi connectivity index (χ3n) is 1.91. The summed E-state index contributed by atoms with van der Waals surface area (Å²) in [5.74, 6) is -0.720. The third-order valence-corrected chi connectivity index (χ3v) is 2.42. The van der Waals surface area contributed by atoms with Crippen molar-refractivity contribution in [3.05, 3.63) is 29.8 Å². The van der Waals surface area contributed by atoms with Gasteiger partial charge in [0.15, 0.2) is 0 Å². The molecule has 88 valence electrons. The number of aliphatic hydroxyl groups is 1. The van der Waals surface area contributed by atoms with E-state index in [1.807, 2.05) is 0 Å². The van der Waals surface area contributed by atoms with Crippen LogP contribution in [0.25, 0.3) is 0 Å². The van der Waals surface area contributed by atoms with Crippen molar-refractivity contribution in [1.82, 2.24) is 0 Å². The molecule has 6 heteroatoms. The van der Waals surface area contributed by atoms with Gasteiger partial charge in [-0.1, -0.05) is 46.9 Å². The highest BCUT2D eigenvalue weighted by Gasteiger charge is 2.30. The van der Waals surface area contributed by atoms with E-state index in [0.29, 0.717) is 5.69 Å². The van der Waals surface area contributed by atoms with Gasteiger partial charge in [0.25, 0.3) is 9.70 Å². The highest BCUT2D eigenvalue weighted by molar-refractivity contribution is 6.76. The lowest BCUT2D eigenvalue weighted by atomic mass is 10.1. The first-order valence-corrected chi connectivity index (χ1v) is 5.60. The molecule has 0 fully saturated rings. The van der Waals surface area contributed by atoms with Gasteiger partial charge in [-0.05, 0) is 24.6 Å². The van der Waals surface area contributed by atoms with Gasteiger partial charge < -0.3 is 10.4 Å². The molecule has 1 atom stereocenters. The number of benzene rings is 1. The Kier molecular flexibility index (Phi) is 4.44. The first kappa shape index (κ1) is 13.6. The Bertz CT molecular complexity index is 371. The fourth-order valence-corrected chi connectivity index (χ4v) is 1.19. The number of halogens is 3. The SMILES string of the molecule is C[C@H](O)c1ccc(NC(=O)C(Cl)(Cl)Cl)cc1. The smallest absolute Gasteiger partial charge is 0.276 e. The molecule has 0 bridgehead atoms. The van der Waals surface area contributed by atoms with Crippen molar-refractivity contribution in [2.45, 2.75) is 16.8 Å². The number of aliphatic hydroxyl groups excluding tert-OH is 1. The van der Waals surface area contributed by atoms with E-state index >= 15 is 0 Å². The van der Waals surface area contributed by atoms with Crippen molar-refractivity contribution in [2.24, 2.45) is 0 Å². The van der Waals surface area contributed by atoms with E-state index in [1.54, 1.807) is 31.2 Å². The predicted octanol–water partition coefficient (Wildman–Crippen LogP) is 3.05. The Morgan fingerprint density at radius 3 is 2.19 bits per heavy atom. The summed E-state index contributed by atoms with van der Waals surface area (Å²) < 4.78 is -1.98. The van der Waals surface area contributed by atoms with Crippen LogP contribution in [0.1, 0.15) is 18.6 Å². The average Bonchev–Trinajstić information content (AvgIpc) is 2.17. The molecular formula is C10H10Cl3NO2. The summed E-state index contributed by atoms with van der Waals surface area (Å²) in [5, 5.41) is 11.7. The van der Waals surface area contributed by atoms with Crippen molar-refractivity contribution < 1.29 is 9.90 Å². The van der Waals surface area contributed by atoms with E-state index in [2.05, 4.69) is 5.32 Å². The van der Waals surface area contributed by atoms with Crippen LogP contribution in [0.15, 0.2) is 24.3 Å². The zero-order valence-corrected chi connectivity index (χ0v) is 10.6. The van der Waals surface area contributed by atoms with E-state index in [4.69, 9.17) is 34.8 Å². The molecule has 0 heterocycles. The Hall–Kier alpha value is -0.480. The molecule has 0 aliphatic rings. The van der Waals surface area contributed by atoms with Crippen LogP contribution in [-0.2, 0) is 4.79 Å². The van der Waals surface area contributed by atoms with Gasteiger partial charge in [-0.2, -0.15) is 0 Å². The molecule has 0 aliphatic carbocycles. The monoisotopic (exact) mass is 281 g/mol. The van der Waals surface area contributed by atoms with Crippen LogP contribution in [0.2, 0.25) is 0 Å². The van der Waals surface area contributed by atoms with Gasteiger partial charge >= 0.3 is 0 Å². The van der Waals surface area contributed by atoms with Gasteiger partial charge in [0.2, 0.25) is 0 Å². The molecule has 16 heavy (non-hydrogen) atoms. The van der Waals surface area contributed by atoms with Gasteiger partial charge in [-0.25, -0.2) is 0 Å². The van der Waals surface area contributed by atoms with Crippen LogP contribution >= 0.6 is 34.8 Å². The van der Waals surface area contributed by atoms with Gasteiger partial charge in [0, 0.05) is 5.69 Å². The summed E-state index contributed by atoms with van der Waals surface area (Å²) in [6.07, 6.45) is -0.557. The summed E-state index contributed by atoms with van der Waals surface area (Å²) >= 11 is 16.2. The van der Waals surface area contributed by atoms with Crippen molar-refractivity contribution in [1.29, 1.82) is 0 Å². The Labute approximate surface area is 108 Å². The molecule has 0 saturated carbocycles. The van der Waals surface area contributed by atoms with Crippen LogP contribution in [-0.4, -0.2) is 14.8 Å². The molecule has 2 N–H and O–H groups in total. The minimum Gasteiger partial charge on any atom is -0.389 e. The molecule has 0 radical (unpaired) electrons. The highest BCUT2D eigenvalue weighted by atomic mass is 35.6. The average molecular weight is 283 g/mol. The summed E-state index contributed by atoms with van der Waals surface area (Å²) in [6, 6.07) is 6.60. The zero-order valence-electron chi connectivity index (χ0n) is 8.38. The van der Waals surface area contributed by atoms with Crippen molar-refractivity contribution in [3.8, 4) is 0 Å². The molecule has 1 rings (SSSR count). The number of nitrogens with one attached hydrogen (secondary N) is 1. The van der Waals surface area contributed by atoms with Gasteiger partial charge in [0.05, 0.1) is 6.10 Å². The maximum Gasteiger partial charge on any atom is 0.276 e. The third kappa shape index (κ3) is 3.83. The van der Waals surface area contributed by atoms with Crippen molar-refractivity contribution >= 4 is 46.4 Å². The topological polar surface area (TPSA) is 49.3 Å². The number of anilines is 1. The molecule has 0 unspecified atom stereocenters. The minimum atomic E-state index is -1.98. The molecule has 0 aliphatic heterocycles. The standard InChI is InChI=1S/C10H10Cl3NO2/c1-6(15)7-2-4-8(5-3-7)14-9(16)10(11,12)13/h2-6,15H,1H3,(H,14,16)/t6-/m0/s1. The maximum absolute atomic E-state index is 11.3. The van der Waals surface area contributed by atoms with E-state index in [-0.39, 0.29) is 0 Å². The highest BCUT2D eigenvalue weighted by Crippen LogP contribution is 2.27. The van der Waals surface area contributed by atoms with Crippen LogP contribution in [0.5, 0.6) is 0 Å². The first-order chi connectivity index (χ1) is 7.30. The fourth-order valence-electron chi connectivity index (χ4n) is 1.05. The molecule has 0 aromatic heterocycles. The number of carbonyl (C=O) groups excluding carboxylic acids is 1. The number of hydrogen-bond donors (Lipinski definition) is 2. The Balaban J connectivity index is 2.73. The summed E-state index contributed by atoms with van der Waals surface area (Å²) in [7, 11) is 0. The van der Waals surface area contributed by atoms with Gasteiger partial charge in [-0.3, -0.25) is 4.79 Å². The second-order valence-corrected chi connectivity index (χ2v) is 5.53. The van der Waals surface area contributed by atoms with Crippen molar-refractivity contribution in [3.63, 3.8) is 0 Å². The van der Waals surface area contributed by atoms with Crippen LogP contribution in [0.3, 0.4) is 0 Å². The first-order valence-electron chi connectivity index (χ1n) is 4.47. The maximum atomic E-state index is 11.3. The molecule has 1 aromatic rings. The van der Waals surface area contributed by atoms with Crippen LogP contribution < -0.4 is 5.32 Å². The lowest BCUT2D eigenvalue weighted by Gasteiger charge is -2.12. The minimum absolute atomic E-state index is 0.501. The molecule has 1 aromatic carbocycles. The van der Waals surface area contributed by atoms with Crippen LogP contribution in [0.4, 0.5) is 5.69 Å². The van der Waals surface area contributed by atoms with Crippen LogP contribution in [0, 0.1) is 0 Å². The second-order valence-electron chi connectivity index (χ2n) is 3.25. The Morgan fingerprint density at radius 1 is 1.31 bits per heavy atom.